The highest BCUT2D eigenvalue weighted by Crippen LogP contribution is 2.29. The first-order valence-electron chi connectivity index (χ1n) is 6.76. The number of thioether (sulfide) groups is 1. The molecule has 0 N–H and O–H groups in total. The van der Waals surface area contributed by atoms with Crippen molar-refractivity contribution >= 4 is 39.3 Å². The van der Waals surface area contributed by atoms with Crippen molar-refractivity contribution in [3.63, 3.8) is 0 Å². The summed E-state index contributed by atoms with van der Waals surface area (Å²) in [5, 5.41) is 0.726. The van der Waals surface area contributed by atoms with Gasteiger partial charge in [-0.05, 0) is 26.3 Å². The maximum atomic E-state index is 12.7. The van der Waals surface area contributed by atoms with E-state index in [1.165, 1.54) is 30.2 Å². The third-order valence-electron chi connectivity index (χ3n) is 3.38. The lowest BCUT2D eigenvalue weighted by atomic mass is 10.2. The standard InChI is InChI=1S/C15H18N2O3S2/c1-6-7-17-13(18)11-8(2)9(3)21-12(11)16-15(17)22-10(4)14(19)20-5/h6,10H,1,7H2,2-5H3. The number of thiophene rings is 1. The van der Waals surface area contributed by atoms with Crippen molar-refractivity contribution in [3.8, 4) is 0 Å². The van der Waals surface area contributed by atoms with Crippen LogP contribution in [-0.4, -0.2) is 27.9 Å². The smallest absolute Gasteiger partial charge is 0.318 e. The number of carbonyl (C=O) groups is 1. The maximum absolute atomic E-state index is 12.7. The number of aromatic nitrogens is 2. The molecule has 5 nitrogen and oxygen atoms in total. The summed E-state index contributed by atoms with van der Waals surface area (Å²) in [6.45, 7) is 9.68. The molecule has 0 radical (unpaired) electrons. The zero-order valence-electron chi connectivity index (χ0n) is 13.0. The van der Waals surface area contributed by atoms with Gasteiger partial charge in [-0.1, -0.05) is 17.8 Å². The van der Waals surface area contributed by atoms with Crippen molar-refractivity contribution in [3.05, 3.63) is 33.4 Å². The van der Waals surface area contributed by atoms with Gasteiger partial charge in [0.1, 0.15) is 10.1 Å². The zero-order chi connectivity index (χ0) is 16.4. The molecule has 7 heteroatoms. The topological polar surface area (TPSA) is 61.2 Å². The molecular weight excluding hydrogens is 320 g/mol. The van der Waals surface area contributed by atoms with Crippen molar-refractivity contribution in [2.24, 2.45) is 0 Å². The van der Waals surface area contributed by atoms with Crippen LogP contribution >= 0.6 is 23.1 Å². The van der Waals surface area contributed by atoms with Crippen molar-refractivity contribution in [2.45, 2.75) is 37.7 Å². The minimum absolute atomic E-state index is 0.0914. The second-order valence-corrected chi connectivity index (χ2v) is 7.36. The van der Waals surface area contributed by atoms with Crippen LogP contribution in [0.5, 0.6) is 0 Å². The van der Waals surface area contributed by atoms with E-state index in [2.05, 4.69) is 11.6 Å². The van der Waals surface area contributed by atoms with Gasteiger partial charge in [0.15, 0.2) is 5.16 Å². The van der Waals surface area contributed by atoms with Gasteiger partial charge in [-0.2, -0.15) is 0 Å². The van der Waals surface area contributed by atoms with Gasteiger partial charge in [-0.25, -0.2) is 4.98 Å². The van der Waals surface area contributed by atoms with Crippen LogP contribution in [0.2, 0.25) is 0 Å². The van der Waals surface area contributed by atoms with Crippen molar-refractivity contribution < 1.29 is 9.53 Å². The minimum Gasteiger partial charge on any atom is -0.468 e. The number of ether oxygens (including phenoxy) is 1. The third kappa shape index (κ3) is 2.96. The highest BCUT2D eigenvalue weighted by atomic mass is 32.2. The molecule has 0 bridgehead atoms. The van der Waals surface area contributed by atoms with E-state index in [0.717, 1.165) is 10.4 Å². The summed E-state index contributed by atoms with van der Waals surface area (Å²) in [4.78, 5) is 30.7. The lowest BCUT2D eigenvalue weighted by Gasteiger charge is -2.13. The van der Waals surface area contributed by atoms with Gasteiger partial charge in [-0.15, -0.1) is 17.9 Å². The molecule has 1 unspecified atom stereocenters. The number of esters is 1. The van der Waals surface area contributed by atoms with Crippen molar-refractivity contribution in [1.29, 1.82) is 0 Å². The third-order valence-corrected chi connectivity index (χ3v) is 5.55. The summed E-state index contributed by atoms with van der Waals surface area (Å²) < 4.78 is 6.29. The van der Waals surface area contributed by atoms with E-state index in [0.29, 0.717) is 21.9 Å². The number of nitrogens with zero attached hydrogens (tertiary/aromatic N) is 2. The molecule has 2 aromatic rings. The second-order valence-electron chi connectivity index (χ2n) is 4.85. The highest BCUT2D eigenvalue weighted by molar-refractivity contribution is 8.00. The Kier molecular flexibility index (Phi) is 5.08. The Morgan fingerprint density at radius 1 is 1.55 bits per heavy atom. The molecule has 0 saturated carbocycles. The Balaban J connectivity index is 2.62. The average molecular weight is 338 g/mol. The molecule has 0 saturated heterocycles. The van der Waals surface area contributed by atoms with E-state index in [9.17, 15) is 9.59 Å². The minimum atomic E-state index is -0.437. The summed E-state index contributed by atoms with van der Waals surface area (Å²) in [5.74, 6) is -0.344. The van der Waals surface area contributed by atoms with Gasteiger partial charge in [-0.3, -0.25) is 14.2 Å². The number of methoxy groups -OCH3 is 1. The molecule has 0 spiro atoms. The van der Waals surface area contributed by atoms with Gasteiger partial charge in [0.25, 0.3) is 5.56 Å². The Bertz CT molecular complexity index is 792. The number of aryl methyl sites for hydroxylation is 2. The summed E-state index contributed by atoms with van der Waals surface area (Å²) >= 11 is 2.72. The fourth-order valence-electron chi connectivity index (χ4n) is 2.06. The maximum Gasteiger partial charge on any atom is 0.318 e. The molecule has 118 valence electrons. The van der Waals surface area contributed by atoms with Crippen LogP contribution in [0.4, 0.5) is 0 Å². The van der Waals surface area contributed by atoms with Gasteiger partial charge >= 0.3 is 5.97 Å². The van der Waals surface area contributed by atoms with Gasteiger partial charge in [0.05, 0.1) is 12.5 Å². The molecular formula is C15H18N2O3S2. The highest BCUT2D eigenvalue weighted by Gasteiger charge is 2.21. The SMILES string of the molecule is C=CCn1c(SC(C)C(=O)OC)nc2sc(C)c(C)c2c1=O. The Hall–Kier alpha value is -1.60. The molecule has 0 aliphatic carbocycles. The second kappa shape index (κ2) is 6.66. The number of allylic oxidation sites excluding steroid dienone is 1. The van der Waals surface area contributed by atoms with Gasteiger partial charge in [0, 0.05) is 11.4 Å². The molecule has 0 aliphatic heterocycles. The average Bonchev–Trinajstić information content (AvgIpc) is 2.77. The molecule has 22 heavy (non-hydrogen) atoms. The fourth-order valence-corrected chi connectivity index (χ4v) is 4.08. The number of fused-ring (bicyclic) bond motifs is 1. The van der Waals surface area contributed by atoms with Gasteiger partial charge in [0.2, 0.25) is 0 Å². The number of rotatable bonds is 5. The van der Waals surface area contributed by atoms with Crippen molar-refractivity contribution in [1.82, 2.24) is 9.55 Å². The first-order valence-corrected chi connectivity index (χ1v) is 8.46. The van der Waals surface area contributed by atoms with Crippen LogP contribution < -0.4 is 5.56 Å². The van der Waals surface area contributed by atoms with Crippen LogP contribution in [0.3, 0.4) is 0 Å². The predicted octanol–water partition coefficient (Wildman–Crippen LogP) is 2.91. The van der Waals surface area contributed by atoms with Crippen LogP contribution in [-0.2, 0) is 16.1 Å². The number of hydrogen-bond acceptors (Lipinski definition) is 6. The Morgan fingerprint density at radius 3 is 2.82 bits per heavy atom. The van der Waals surface area contributed by atoms with E-state index in [-0.39, 0.29) is 11.5 Å². The monoisotopic (exact) mass is 338 g/mol. The fraction of sp³-hybridized carbons (Fsp3) is 0.400. The van der Waals surface area contributed by atoms with Crippen molar-refractivity contribution in [2.75, 3.05) is 7.11 Å². The molecule has 2 aromatic heterocycles. The van der Waals surface area contributed by atoms with E-state index in [1.54, 1.807) is 17.6 Å². The Labute approximate surface area is 137 Å². The van der Waals surface area contributed by atoms with Crippen LogP contribution in [0, 0.1) is 13.8 Å². The van der Waals surface area contributed by atoms with E-state index >= 15 is 0 Å². The molecule has 0 fully saturated rings. The van der Waals surface area contributed by atoms with Crippen LogP contribution in [0.15, 0.2) is 22.6 Å². The van der Waals surface area contributed by atoms with Crippen LogP contribution in [0.25, 0.3) is 10.2 Å². The molecule has 2 heterocycles. The largest absolute Gasteiger partial charge is 0.468 e. The molecule has 1 atom stereocenters. The quantitative estimate of drug-likeness (QED) is 0.363. The molecule has 0 amide bonds. The zero-order valence-corrected chi connectivity index (χ0v) is 14.6. The number of carbonyl (C=O) groups excluding carboxylic acids is 1. The molecule has 0 aliphatic rings. The normalized spacial score (nSPS) is 12.4. The Morgan fingerprint density at radius 2 is 2.23 bits per heavy atom. The van der Waals surface area contributed by atoms with E-state index < -0.39 is 5.25 Å². The lowest BCUT2D eigenvalue weighted by molar-refractivity contribution is -0.139. The summed E-state index contributed by atoms with van der Waals surface area (Å²) in [6, 6.07) is 0. The van der Waals surface area contributed by atoms with Crippen LogP contribution in [0.1, 0.15) is 17.4 Å². The van der Waals surface area contributed by atoms with Gasteiger partial charge < -0.3 is 4.74 Å². The first kappa shape index (κ1) is 16.8. The molecule has 2 rings (SSSR count). The number of hydrogen-bond donors (Lipinski definition) is 0. The van der Waals surface area contributed by atoms with E-state index in [1.807, 2.05) is 13.8 Å². The van der Waals surface area contributed by atoms with E-state index in [4.69, 9.17) is 4.74 Å². The summed E-state index contributed by atoms with van der Waals surface area (Å²) in [5.41, 5.74) is 0.874. The molecule has 0 aromatic carbocycles. The predicted molar refractivity (Wildman–Crippen MR) is 90.9 cm³/mol. The lowest BCUT2D eigenvalue weighted by Crippen LogP contribution is -2.24. The summed E-state index contributed by atoms with van der Waals surface area (Å²) in [7, 11) is 1.35. The summed E-state index contributed by atoms with van der Waals surface area (Å²) in [6.07, 6.45) is 1.65. The first-order chi connectivity index (χ1) is 10.4.